The standard InChI is InChI=1S/C17H34N2/c1-4-6-15-8-9-17(18-3)16(11-15)13-19-10-5-7-14(2)12-19/h14-18H,4-13H2,1-3H3. The monoisotopic (exact) mass is 266 g/mol. The molecule has 112 valence electrons. The van der Waals surface area contributed by atoms with Gasteiger partial charge in [-0.25, -0.2) is 0 Å². The van der Waals surface area contributed by atoms with Crippen LogP contribution in [0.3, 0.4) is 0 Å². The average molecular weight is 266 g/mol. The first-order valence-corrected chi connectivity index (χ1v) is 8.62. The largest absolute Gasteiger partial charge is 0.317 e. The fourth-order valence-corrected chi connectivity index (χ4v) is 4.40. The number of piperidine rings is 1. The van der Waals surface area contributed by atoms with Gasteiger partial charge < -0.3 is 10.2 Å². The Bertz CT molecular complexity index is 254. The molecular weight excluding hydrogens is 232 g/mol. The number of hydrogen-bond donors (Lipinski definition) is 1. The molecule has 1 N–H and O–H groups in total. The van der Waals surface area contributed by atoms with Crippen LogP contribution in [0.1, 0.15) is 58.8 Å². The minimum Gasteiger partial charge on any atom is -0.317 e. The van der Waals surface area contributed by atoms with Crippen LogP contribution in [0.5, 0.6) is 0 Å². The molecule has 0 aromatic rings. The van der Waals surface area contributed by atoms with Crippen molar-refractivity contribution in [3.8, 4) is 0 Å². The molecule has 0 aromatic carbocycles. The van der Waals surface area contributed by atoms with Crippen molar-refractivity contribution in [1.29, 1.82) is 0 Å². The van der Waals surface area contributed by atoms with E-state index in [0.29, 0.717) is 0 Å². The number of nitrogens with zero attached hydrogens (tertiary/aromatic N) is 1. The molecule has 2 rings (SSSR count). The van der Waals surface area contributed by atoms with E-state index in [-0.39, 0.29) is 0 Å². The molecule has 4 atom stereocenters. The quantitative estimate of drug-likeness (QED) is 0.819. The molecule has 0 aromatic heterocycles. The molecule has 0 radical (unpaired) electrons. The van der Waals surface area contributed by atoms with Crippen LogP contribution in [0, 0.1) is 17.8 Å². The fourth-order valence-electron chi connectivity index (χ4n) is 4.40. The molecule has 4 unspecified atom stereocenters. The maximum absolute atomic E-state index is 3.59. The topological polar surface area (TPSA) is 15.3 Å². The van der Waals surface area contributed by atoms with Gasteiger partial charge in [0.05, 0.1) is 0 Å². The molecule has 1 heterocycles. The van der Waals surface area contributed by atoms with E-state index in [2.05, 4.69) is 31.1 Å². The van der Waals surface area contributed by atoms with E-state index in [1.54, 1.807) is 0 Å². The summed E-state index contributed by atoms with van der Waals surface area (Å²) in [7, 11) is 2.16. The van der Waals surface area contributed by atoms with Crippen LogP contribution >= 0.6 is 0 Å². The second-order valence-corrected chi connectivity index (χ2v) is 7.13. The zero-order valence-corrected chi connectivity index (χ0v) is 13.3. The van der Waals surface area contributed by atoms with E-state index in [9.17, 15) is 0 Å². The zero-order chi connectivity index (χ0) is 13.7. The van der Waals surface area contributed by atoms with E-state index in [4.69, 9.17) is 0 Å². The van der Waals surface area contributed by atoms with E-state index < -0.39 is 0 Å². The molecule has 0 bridgehead atoms. The van der Waals surface area contributed by atoms with Crippen molar-refractivity contribution in [2.75, 3.05) is 26.7 Å². The van der Waals surface area contributed by atoms with Crippen LogP contribution in [0.15, 0.2) is 0 Å². The summed E-state index contributed by atoms with van der Waals surface area (Å²) in [5.74, 6) is 2.80. The Labute approximate surface area is 120 Å². The molecule has 2 fully saturated rings. The predicted molar refractivity (Wildman–Crippen MR) is 83.4 cm³/mol. The summed E-state index contributed by atoms with van der Waals surface area (Å²) in [4.78, 5) is 2.75. The van der Waals surface area contributed by atoms with Crippen molar-refractivity contribution in [1.82, 2.24) is 10.2 Å². The maximum atomic E-state index is 3.59. The van der Waals surface area contributed by atoms with E-state index in [1.165, 1.54) is 64.6 Å². The van der Waals surface area contributed by atoms with Crippen LogP contribution < -0.4 is 5.32 Å². The molecule has 0 amide bonds. The highest BCUT2D eigenvalue weighted by Crippen LogP contribution is 2.33. The summed E-state index contributed by atoms with van der Waals surface area (Å²) >= 11 is 0. The van der Waals surface area contributed by atoms with Gasteiger partial charge in [0, 0.05) is 19.1 Å². The molecule has 2 heteroatoms. The normalized spacial score (nSPS) is 37.4. The molecule has 1 saturated carbocycles. The lowest BCUT2D eigenvalue weighted by Gasteiger charge is -2.41. The van der Waals surface area contributed by atoms with Crippen LogP contribution in [0.2, 0.25) is 0 Å². The van der Waals surface area contributed by atoms with Crippen molar-refractivity contribution < 1.29 is 0 Å². The van der Waals surface area contributed by atoms with Crippen molar-refractivity contribution in [2.24, 2.45) is 17.8 Å². The van der Waals surface area contributed by atoms with Gasteiger partial charge in [-0.1, -0.05) is 26.7 Å². The lowest BCUT2D eigenvalue weighted by Crippen LogP contribution is -2.46. The van der Waals surface area contributed by atoms with Crippen molar-refractivity contribution in [3.05, 3.63) is 0 Å². The first-order valence-electron chi connectivity index (χ1n) is 8.62. The summed E-state index contributed by atoms with van der Waals surface area (Å²) < 4.78 is 0. The molecule has 2 aliphatic rings. The Kier molecular flexibility index (Phi) is 6.15. The number of rotatable bonds is 5. The maximum Gasteiger partial charge on any atom is 0.0105 e. The Morgan fingerprint density at radius 3 is 2.74 bits per heavy atom. The molecule has 0 spiro atoms. The third-order valence-corrected chi connectivity index (χ3v) is 5.39. The minimum absolute atomic E-state index is 0.769. The van der Waals surface area contributed by atoms with Gasteiger partial charge in [0.25, 0.3) is 0 Å². The fraction of sp³-hybridized carbons (Fsp3) is 1.00. The van der Waals surface area contributed by atoms with Crippen LogP contribution in [0.25, 0.3) is 0 Å². The van der Waals surface area contributed by atoms with Gasteiger partial charge in [0.15, 0.2) is 0 Å². The molecule has 1 aliphatic heterocycles. The van der Waals surface area contributed by atoms with Crippen molar-refractivity contribution >= 4 is 0 Å². The minimum atomic E-state index is 0.769. The molecule has 19 heavy (non-hydrogen) atoms. The van der Waals surface area contributed by atoms with E-state index >= 15 is 0 Å². The SMILES string of the molecule is CCCC1CCC(NC)C(CN2CCCC(C)C2)C1. The van der Waals surface area contributed by atoms with Gasteiger partial charge in [0.2, 0.25) is 0 Å². The van der Waals surface area contributed by atoms with Crippen molar-refractivity contribution in [3.63, 3.8) is 0 Å². The first-order chi connectivity index (χ1) is 9.22. The summed E-state index contributed by atoms with van der Waals surface area (Å²) in [6.45, 7) is 8.78. The number of hydrogen-bond acceptors (Lipinski definition) is 2. The number of nitrogens with one attached hydrogen (secondary N) is 1. The Morgan fingerprint density at radius 1 is 1.21 bits per heavy atom. The van der Waals surface area contributed by atoms with E-state index in [1.807, 2.05) is 0 Å². The van der Waals surface area contributed by atoms with Gasteiger partial charge >= 0.3 is 0 Å². The van der Waals surface area contributed by atoms with Gasteiger partial charge in [-0.05, 0) is 63.5 Å². The van der Waals surface area contributed by atoms with Crippen molar-refractivity contribution in [2.45, 2.75) is 64.8 Å². The Hall–Kier alpha value is -0.0800. The predicted octanol–water partition coefficient (Wildman–Crippen LogP) is 3.52. The lowest BCUT2D eigenvalue weighted by molar-refractivity contribution is 0.109. The highest BCUT2D eigenvalue weighted by Gasteiger charge is 2.31. The zero-order valence-electron chi connectivity index (χ0n) is 13.3. The number of likely N-dealkylation sites (tertiary alicyclic amines) is 1. The van der Waals surface area contributed by atoms with Crippen LogP contribution in [-0.2, 0) is 0 Å². The van der Waals surface area contributed by atoms with Crippen LogP contribution in [-0.4, -0.2) is 37.6 Å². The summed E-state index contributed by atoms with van der Waals surface area (Å²) in [6.07, 6.45) is 9.98. The molecule has 1 saturated heterocycles. The molecular formula is C17H34N2. The van der Waals surface area contributed by atoms with Crippen LogP contribution in [0.4, 0.5) is 0 Å². The summed E-state index contributed by atoms with van der Waals surface area (Å²) in [6, 6.07) is 0.769. The first kappa shape index (κ1) is 15.3. The summed E-state index contributed by atoms with van der Waals surface area (Å²) in [5.41, 5.74) is 0. The highest BCUT2D eigenvalue weighted by molar-refractivity contribution is 4.86. The van der Waals surface area contributed by atoms with E-state index in [0.717, 1.165) is 23.8 Å². The Morgan fingerprint density at radius 2 is 2.05 bits per heavy atom. The van der Waals surface area contributed by atoms with Gasteiger partial charge in [-0.2, -0.15) is 0 Å². The van der Waals surface area contributed by atoms with Gasteiger partial charge in [-0.15, -0.1) is 0 Å². The smallest absolute Gasteiger partial charge is 0.0105 e. The third-order valence-electron chi connectivity index (χ3n) is 5.39. The summed E-state index contributed by atoms with van der Waals surface area (Å²) in [5, 5.41) is 3.59. The third kappa shape index (κ3) is 4.46. The second-order valence-electron chi connectivity index (χ2n) is 7.13. The van der Waals surface area contributed by atoms with Gasteiger partial charge in [0.1, 0.15) is 0 Å². The average Bonchev–Trinajstić information content (AvgIpc) is 2.39. The molecule has 2 nitrogen and oxygen atoms in total. The second kappa shape index (κ2) is 7.64. The highest BCUT2D eigenvalue weighted by atomic mass is 15.1. The molecule has 1 aliphatic carbocycles. The Balaban J connectivity index is 1.86. The van der Waals surface area contributed by atoms with Gasteiger partial charge in [-0.3, -0.25) is 0 Å². The lowest BCUT2D eigenvalue weighted by atomic mass is 9.76.